The zero-order valence-corrected chi connectivity index (χ0v) is 17.7. The van der Waals surface area contributed by atoms with Gasteiger partial charge in [-0.3, -0.25) is 14.9 Å². The summed E-state index contributed by atoms with van der Waals surface area (Å²) in [7, 11) is 1.51. The molecular formula is C22H16ClF3N2O5. The predicted molar refractivity (Wildman–Crippen MR) is 115 cm³/mol. The van der Waals surface area contributed by atoms with Gasteiger partial charge in [-0.1, -0.05) is 23.7 Å². The van der Waals surface area contributed by atoms with Gasteiger partial charge >= 0.3 is 6.18 Å². The Hall–Kier alpha value is -3.79. The summed E-state index contributed by atoms with van der Waals surface area (Å²) in [5, 5.41) is 13.2. The highest BCUT2D eigenvalue weighted by Gasteiger charge is 2.31. The van der Waals surface area contributed by atoms with Gasteiger partial charge in [0, 0.05) is 12.1 Å². The van der Waals surface area contributed by atoms with E-state index in [0.29, 0.717) is 17.4 Å². The maximum absolute atomic E-state index is 13.2. The van der Waals surface area contributed by atoms with Crippen molar-refractivity contribution in [3.63, 3.8) is 0 Å². The maximum Gasteiger partial charge on any atom is 0.416 e. The number of hydrogen-bond acceptors (Lipinski definition) is 5. The van der Waals surface area contributed by atoms with E-state index >= 15 is 0 Å². The van der Waals surface area contributed by atoms with E-state index in [9.17, 15) is 28.1 Å². The molecule has 0 aliphatic heterocycles. The quantitative estimate of drug-likeness (QED) is 0.325. The van der Waals surface area contributed by atoms with Crippen LogP contribution in [0.3, 0.4) is 0 Å². The van der Waals surface area contributed by atoms with Crippen LogP contribution in [0, 0.1) is 10.1 Å². The van der Waals surface area contributed by atoms with E-state index in [1.807, 2.05) is 0 Å². The smallest absolute Gasteiger partial charge is 0.416 e. The largest absolute Gasteiger partial charge is 0.497 e. The van der Waals surface area contributed by atoms with E-state index in [-0.39, 0.29) is 28.6 Å². The number of alkyl halides is 3. The molecule has 7 nitrogen and oxygen atoms in total. The topological polar surface area (TPSA) is 90.7 Å². The van der Waals surface area contributed by atoms with Crippen molar-refractivity contribution in [3.05, 3.63) is 92.5 Å². The molecule has 1 N–H and O–H groups in total. The van der Waals surface area contributed by atoms with Gasteiger partial charge in [0.2, 0.25) is 0 Å². The summed E-state index contributed by atoms with van der Waals surface area (Å²) in [6.45, 7) is -0.00417. The van der Waals surface area contributed by atoms with E-state index in [1.165, 1.54) is 7.11 Å². The van der Waals surface area contributed by atoms with Crippen molar-refractivity contribution in [2.45, 2.75) is 12.8 Å². The zero-order chi connectivity index (χ0) is 24.2. The SMILES string of the molecule is COc1ccc(COc2ccc(C(F)(F)F)cc2NC(=O)c2cc([N+](=O)[O-])ccc2Cl)cc1. The van der Waals surface area contributed by atoms with E-state index in [0.717, 1.165) is 30.3 Å². The van der Waals surface area contributed by atoms with E-state index < -0.39 is 28.3 Å². The lowest BCUT2D eigenvalue weighted by Gasteiger charge is -2.16. The van der Waals surface area contributed by atoms with Crippen LogP contribution in [0.1, 0.15) is 21.5 Å². The first-order valence-electron chi connectivity index (χ1n) is 9.30. The van der Waals surface area contributed by atoms with Gasteiger partial charge in [-0.25, -0.2) is 0 Å². The monoisotopic (exact) mass is 480 g/mol. The van der Waals surface area contributed by atoms with Crippen molar-refractivity contribution in [1.82, 2.24) is 0 Å². The van der Waals surface area contributed by atoms with Gasteiger partial charge in [0.05, 0.1) is 33.9 Å². The molecule has 0 bridgehead atoms. The van der Waals surface area contributed by atoms with Crippen LogP contribution in [0.5, 0.6) is 11.5 Å². The fourth-order valence-corrected chi connectivity index (χ4v) is 3.01. The third-order valence-electron chi connectivity index (χ3n) is 4.51. The molecule has 0 fully saturated rings. The summed E-state index contributed by atoms with van der Waals surface area (Å²) in [6.07, 6.45) is -4.67. The average molecular weight is 481 g/mol. The Morgan fingerprint density at radius 2 is 1.79 bits per heavy atom. The second-order valence-electron chi connectivity index (χ2n) is 6.72. The number of anilines is 1. The molecule has 0 aliphatic rings. The molecule has 0 aromatic heterocycles. The summed E-state index contributed by atoms with van der Waals surface area (Å²) >= 11 is 5.97. The Labute approximate surface area is 190 Å². The number of non-ortho nitro benzene ring substituents is 1. The maximum atomic E-state index is 13.2. The number of amides is 1. The summed E-state index contributed by atoms with van der Waals surface area (Å²) in [4.78, 5) is 23.0. The van der Waals surface area contributed by atoms with Gasteiger partial charge in [0.15, 0.2) is 0 Å². The summed E-state index contributed by atoms with van der Waals surface area (Å²) < 4.78 is 50.4. The first kappa shape index (κ1) is 23.9. The number of methoxy groups -OCH3 is 1. The lowest BCUT2D eigenvalue weighted by molar-refractivity contribution is -0.384. The van der Waals surface area contributed by atoms with E-state index in [2.05, 4.69) is 5.32 Å². The minimum absolute atomic E-state index is 0.00417. The molecule has 0 unspecified atom stereocenters. The minimum Gasteiger partial charge on any atom is -0.497 e. The normalized spacial score (nSPS) is 11.1. The number of nitro groups is 1. The Bertz CT molecular complexity index is 1180. The molecule has 172 valence electrons. The number of nitrogens with one attached hydrogen (secondary N) is 1. The Morgan fingerprint density at radius 3 is 2.39 bits per heavy atom. The van der Waals surface area contributed by atoms with Crippen molar-refractivity contribution < 1.29 is 32.4 Å². The molecule has 0 saturated carbocycles. The van der Waals surface area contributed by atoms with Crippen molar-refractivity contribution in [2.24, 2.45) is 0 Å². The standard InChI is InChI=1S/C22H16ClF3N2O5/c1-32-16-6-2-13(3-7-16)12-33-20-9-4-14(22(24,25)26)10-19(20)27-21(29)17-11-15(28(30)31)5-8-18(17)23/h2-11H,12H2,1H3,(H,27,29). The number of ether oxygens (including phenoxy) is 2. The van der Waals surface area contributed by atoms with Gasteiger partial charge in [-0.05, 0) is 42.0 Å². The highest BCUT2D eigenvalue weighted by molar-refractivity contribution is 6.34. The second-order valence-corrected chi connectivity index (χ2v) is 7.13. The lowest BCUT2D eigenvalue weighted by atomic mass is 10.1. The van der Waals surface area contributed by atoms with E-state index in [1.54, 1.807) is 24.3 Å². The molecule has 3 rings (SSSR count). The molecule has 0 heterocycles. The third kappa shape index (κ3) is 5.92. The first-order valence-corrected chi connectivity index (χ1v) is 9.68. The van der Waals surface area contributed by atoms with Crippen LogP contribution in [0.2, 0.25) is 5.02 Å². The summed E-state index contributed by atoms with van der Waals surface area (Å²) in [6, 6.07) is 12.6. The zero-order valence-electron chi connectivity index (χ0n) is 17.0. The molecule has 0 saturated heterocycles. The molecule has 0 radical (unpaired) electrons. The number of carbonyl (C=O) groups is 1. The van der Waals surface area contributed by atoms with Crippen molar-refractivity contribution in [1.29, 1.82) is 0 Å². The molecule has 11 heteroatoms. The highest BCUT2D eigenvalue weighted by Crippen LogP contribution is 2.36. The van der Waals surface area contributed by atoms with E-state index in [4.69, 9.17) is 21.1 Å². The van der Waals surface area contributed by atoms with Gasteiger partial charge in [-0.2, -0.15) is 13.2 Å². The van der Waals surface area contributed by atoms with Gasteiger partial charge in [0.1, 0.15) is 18.1 Å². The molecule has 33 heavy (non-hydrogen) atoms. The van der Waals surface area contributed by atoms with Crippen LogP contribution in [-0.2, 0) is 12.8 Å². The number of carbonyl (C=O) groups excluding carboxylic acids is 1. The summed E-state index contributed by atoms with van der Waals surface area (Å²) in [5.74, 6) is -0.346. The molecular weight excluding hydrogens is 465 g/mol. The number of hydrogen-bond donors (Lipinski definition) is 1. The molecule has 3 aromatic rings. The third-order valence-corrected chi connectivity index (χ3v) is 4.84. The molecule has 3 aromatic carbocycles. The number of halogens is 4. The summed E-state index contributed by atoms with van der Waals surface area (Å²) in [5.41, 5.74) is -1.26. The van der Waals surface area contributed by atoms with Crippen molar-refractivity contribution >= 4 is 28.9 Å². The second kappa shape index (κ2) is 9.78. The predicted octanol–water partition coefficient (Wildman–Crippen LogP) is 6.11. The first-order chi connectivity index (χ1) is 15.6. The fraction of sp³-hybridized carbons (Fsp3) is 0.136. The highest BCUT2D eigenvalue weighted by atomic mass is 35.5. The molecule has 1 amide bonds. The Balaban J connectivity index is 1.90. The van der Waals surface area contributed by atoms with Crippen molar-refractivity contribution in [3.8, 4) is 11.5 Å². The van der Waals surface area contributed by atoms with Crippen LogP contribution < -0.4 is 14.8 Å². The molecule has 0 spiro atoms. The van der Waals surface area contributed by atoms with Crippen LogP contribution in [0.15, 0.2) is 60.7 Å². The van der Waals surface area contributed by atoms with Gasteiger partial charge < -0.3 is 14.8 Å². The fourth-order valence-electron chi connectivity index (χ4n) is 2.80. The van der Waals surface area contributed by atoms with Crippen LogP contribution in [0.4, 0.5) is 24.5 Å². The Morgan fingerprint density at radius 1 is 1.09 bits per heavy atom. The number of benzene rings is 3. The van der Waals surface area contributed by atoms with Gasteiger partial charge in [0.25, 0.3) is 11.6 Å². The molecule has 0 aliphatic carbocycles. The average Bonchev–Trinajstić information content (AvgIpc) is 2.78. The Kier molecular flexibility index (Phi) is 7.07. The van der Waals surface area contributed by atoms with Crippen molar-refractivity contribution in [2.75, 3.05) is 12.4 Å². The molecule has 0 atom stereocenters. The lowest BCUT2D eigenvalue weighted by Crippen LogP contribution is -2.15. The van der Waals surface area contributed by atoms with Gasteiger partial charge in [-0.15, -0.1) is 0 Å². The van der Waals surface area contributed by atoms with Crippen LogP contribution in [0.25, 0.3) is 0 Å². The van der Waals surface area contributed by atoms with Crippen LogP contribution >= 0.6 is 11.6 Å². The number of rotatable bonds is 7. The number of nitro benzene ring substituents is 1. The number of nitrogens with zero attached hydrogens (tertiary/aromatic N) is 1. The minimum atomic E-state index is -4.67. The van der Waals surface area contributed by atoms with Crippen LogP contribution in [-0.4, -0.2) is 17.9 Å².